The Hall–Kier alpha value is -1.44. The summed E-state index contributed by atoms with van der Waals surface area (Å²) in [6, 6.07) is 5.77. The Balaban J connectivity index is 1.70. The van der Waals surface area contributed by atoms with Gasteiger partial charge < -0.3 is 4.74 Å². The van der Waals surface area contributed by atoms with E-state index in [9.17, 15) is 14.9 Å². The van der Waals surface area contributed by atoms with Crippen molar-refractivity contribution in [1.29, 1.82) is 0 Å². The summed E-state index contributed by atoms with van der Waals surface area (Å²) in [5.74, 6) is 1.32. The van der Waals surface area contributed by atoms with Gasteiger partial charge in [0.25, 0.3) is 5.69 Å². The molecule has 114 valence electrons. The molecule has 1 aliphatic rings. The highest BCUT2D eigenvalue weighted by atomic mass is 32.2. The number of Topliss-reactive ketones (excluding diaryl/α,β-unsaturated/α-hetero) is 1. The van der Waals surface area contributed by atoms with Gasteiger partial charge in [-0.1, -0.05) is 0 Å². The molecule has 1 aromatic carbocycles. The van der Waals surface area contributed by atoms with Gasteiger partial charge in [-0.25, -0.2) is 0 Å². The summed E-state index contributed by atoms with van der Waals surface area (Å²) >= 11 is 1.59. The Morgan fingerprint density at radius 1 is 1.29 bits per heavy atom. The van der Waals surface area contributed by atoms with E-state index in [1.165, 1.54) is 24.3 Å². The molecule has 7 heteroatoms. The lowest BCUT2D eigenvalue weighted by Gasteiger charge is -2.26. The van der Waals surface area contributed by atoms with Gasteiger partial charge in [-0.15, -0.1) is 0 Å². The summed E-state index contributed by atoms with van der Waals surface area (Å²) in [5, 5.41) is 10.5. The molecule has 1 fully saturated rings. The molecule has 2 rings (SSSR count). The standard InChI is InChI=1S/C14H18N2O4S/c17-14(12-1-3-13(4-2-12)16(18)19)11-21-10-7-15-5-8-20-9-6-15/h1-4H,5-11H2. The highest BCUT2D eigenvalue weighted by Crippen LogP contribution is 2.14. The van der Waals surface area contributed by atoms with Crippen LogP contribution in [-0.4, -0.2) is 60.0 Å². The first-order valence-corrected chi connectivity index (χ1v) is 7.98. The lowest BCUT2D eigenvalue weighted by atomic mass is 10.1. The summed E-state index contributed by atoms with van der Waals surface area (Å²) in [6.45, 7) is 4.44. The van der Waals surface area contributed by atoms with Gasteiger partial charge in [0, 0.05) is 43.1 Å². The third-order valence-electron chi connectivity index (χ3n) is 3.29. The Morgan fingerprint density at radius 3 is 2.57 bits per heavy atom. The zero-order valence-corrected chi connectivity index (χ0v) is 12.5. The molecule has 0 bridgehead atoms. The minimum atomic E-state index is -0.467. The number of thioether (sulfide) groups is 1. The molecule has 1 heterocycles. The predicted octanol–water partition coefficient (Wildman–Crippen LogP) is 1.84. The maximum absolute atomic E-state index is 12.0. The van der Waals surface area contributed by atoms with E-state index in [1.807, 2.05) is 0 Å². The first kappa shape index (κ1) is 15.9. The number of morpholine rings is 1. The molecule has 1 saturated heterocycles. The van der Waals surface area contributed by atoms with Crippen LogP contribution in [0.4, 0.5) is 5.69 Å². The first-order chi connectivity index (χ1) is 10.2. The van der Waals surface area contributed by atoms with Crippen LogP contribution in [0.5, 0.6) is 0 Å². The van der Waals surface area contributed by atoms with E-state index in [2.05, 4.69) is 4.90 Å². The molecule has 0 spiro atoms. The van der Waals surface area contributed by atoms with Crippen LogP contribution in [0, 0.1) is 10.1 Å². The van der Waals surface area contributed by atoms with Crippen LogP contribution in [0.25, 0.3) is 0 Å². The molecule has 0 aliphatic carbocycles. The SMILES string of the molecule is O=C(CSCCN1CCOCC1)c1ccc([N+](=O)[O-])cc1. The molecule has 0 N–H and O–H groups in total. The number of carbonyl (C=O) groups is 1. The number of carbonyl (C=O) groups excluding carboxylic acids is 1. The highest BCUT2D eigenvalue weighted by molar-refractivity contribution is 8.00. The van der Waals surface area contributed by atoms with Gasteiger partial charge in [0.15, 0.2) is 5.78 Å². The van der Waals surface area contributed by atoms with E-state index in [4.69, 9.17) is 4.74 Å². The zero-order chi connectivity index (χ0) is 15.1. The molecule has 1 aromatic rings. The van der Waals surface area contributed by atoms with E-state index in [-0.39, 0.29) is 11.5 Å². The van der Waals surface area contributed by atoms with Crippen molar-refractivity contribution in [2.24, 2.45) is 0 Å². The fraction of sp³-hybridized carbons (Fsp3) is 0.500. The van der Waals surface area contributed by atoms with Gasteiger partial charge in [0.2, 0.25) is 0 Å². The second-order valence-corrected chi connectivity index (χ2v) is 5.84. The number of nitro groups is 1. The summed E-state index contributed by atoms with van der Waals surface area (Å²) in [7, 11) is 0. The topological polar surface area (TPSA) is 72.7 Å². The molecule has 21 heavy (non-hydrogen) atoms. The largest absolute Gasteiger partial charge is 0.379 e. The average molecular weight is 310 g/mol. The number of hydrogen-bond donors (Lipinski definition) is 0. The summed E-state index contributed by atoms with van der Waals surface area (Å²) < 4.78 is 5.28. The molecule has 0 saturated carbocycles. The molecule has 1 aliphatic heterocycles. The highest BCUT2D eigenvalue weighted by Gasteiger charge is 2.12. The minimum absolute atomic E-state index is 0.00604. The van der Waals surface area contributed by atoms with Crippen molar-refractivity contribution in [3.05, 3.63) is 39.9 Å². The fourth-order valence-electron chi connectivity index (χ4n) is 2.04. The number of ketones is 1. The van der Waals surface area contributed by atoms with E-state index in [0.29, 0.717) is 11.3 Å². The molecule has 0 amide bonds. The van der Waals surface area contributed by atoms with Gasteiger partial charge in [-0.3, -0.25) is 19.8 Å². The second-order valence-electron chi connectivity index (χ2n) is 4.73. The molecule has 0 atom stereocenters. The number of ether oxygens (including phenoxy) is 1. The van der Waals surface area contributed by atoms with Crippen molar-refractivity contribution in [2.45, 2.75) is 0 Å². The van der Waals surface area contributed by atoms with E-state index < -0.39 is 4.92 Å². The van der Waals surface area contributed by atoms with Crippen LogP contribution in [0.15, 0.2) is 24.3 Å². The van der Waals surface area contributed by atoms with Crippen molar-refractivity contribution < 1.29 is 14.5 Å². The van der Waals surface area contributed by atoms with Crippen molar-refractivity contribution in [1.82, 2.24) is 4.90 Å². The number of nitro benzene ring substituents is 1. The molecular formula is C14H18N2O4S. The van der Waals surface area contributed by atoms with E-state index >= 15 is 0 Å². The lowest BCUT2D eigenvalue weighted by Crippen LogP contribution is -2.37. The third-order valence-corrected chi connectivity index (χ3v) is 4.23. The van der Waals surface area contributed by atoms with Crippen molar-refractivity contribution in [2.75, 3.05) is 44.4 Å². The normalized spacial score (nSPS) is 15.8. The number of rotatable bonds is 7. The first-order valence-electron chi connectivity index (χ1n) is 6.82. The number of nitrogens with zero attached hydrogens (tertiary/aromatic N) is 2. The average Bonchev–Trinajstić information content (AvgIpc) is 2.52. The molecular weight excluding hydrogens is 292 g/mol. The maximum Gasteiger partial charge on any atom is 0.269 e. The van der Waals surface area contributed by atoms with Gasteiger partial charge in [-0.05, 0) is 12.1 Å². The van der Waals surface area contributed by atoms with Crippen molar-refractivity contribution in [3.63, 3.8) is 0 Å². The zero-order valence-electron chi connectivity index (χ0n) is 11.7. The van der Waals surface area contributed by atoms with Gasteiger partial charge in [-0.2, -0.15) is 11.8 Å². The minimum Gasteiger partial charge on any atom is -0.379 e. The number of hydrogen-bond acceptors (Lipinski definition) is 6. The van der Waals surface area contributed by atoms with E-state index in [1.54, 1.807) is 11.8 Å². The van der Waals surface area contributed by atoms with Crippen LogP contribution in [0.1, 0.15) is 10.4 Å². The Bertz CT molecular complexity index is 486. The Kier molecular flexibility index (Phi) is 6.16. The predicted molar refractivity (Wildman–Crippen MR) is 82.0 cm³/mol. The lowest BCUT2D eigenvalue weighted by molar-refractivity contribution is -0.384. The van der Waals surface area contributed by atoms with Crippen molar-refractivity contribution >= 4 is 23.2 Å². The van der Waals surface area contributed by atoms with Crippen LogP contribution in [0.3, 0.4) is 0 Å². The number of benzene rings is 1. The molecule has 0 unspecified atom stereocenters. The Labute approximate surface area is 127 Å². The van der Waals surface area contributed by atoms with Crippen LogP contribution >= 0.6 is 11.8 Å². The third kappa shape index (κ3) is 5.11. The van der Waals surface area contributed by atoms with Crippen molar-refractivity contribution in [3.8, 4) is 0 Å². The number of non-ortho nitro benzene ring substituents is 1. The van der Waals surface area contributed by atoms with Crippen LogP contribution < -0.4 is 0 Å². The quantitative estimate of drug-likeness (QED) is 0.331. The van der Waals surface area contributed by atoms with Crippen LogP contribution in [-0.2, 0) is 4.74 Å². The monoisotopic (exact) mass is 310 g/mol. The molecule has 6 nitrogen and oxygen atoms in total. The molecule has 0 radical (unpaired) electrons. The second kappa shape index (κ2) is 8.11. The molecule has 0 aromatic heterocycles. The van der Waals surface area contributed by atoms with Gasteiger partial charge in [0.05, 0.1) is 23.9 Å². The summed E-state index contributed by atoms with van der Waals surface area (Å²) in [6.07, 6.45) is 0. The smallest absolute Gasteiger partial charge is 0.269 e. The Morgan fingerprint density at radius 2 is 1.95 bits per heavy atom. The summed E-state index contributed by atoms with van der Waals surface area (Å²) in [4.78, 5) is 24.4. The maximum atomic E-state index is 12.0. The van der Waals surface area contributed by atoms with Gasteiger partial charge >= 0.3 is 0 Å². The van der Waals surface area contributed by atoms with Crippen LogP contribution in [0.2, 0.25) is 0 Å². The summed E-state index contributed by atoms with van der Waals surface area (Å²) in [5.41, 5.74) is 0.533. The van der Waals surface area contributed by atoms with Gasteiger partial charge in [0.1, 0.15) is 0 Å². The fourth-order valence-corrected chi connectivity index (χ4v) is 2.92. The van der Waals surface area contributed by atoms with E-state index in [0.717, 1.165) is 38.6 Å².